The highest BCUT2D eigenvalue weighted by atomic mass is 32.2. The van der Waals surface area contributed by atoms with Crippen LogP contribution in [0.5, 0.6) is 0 Å². The van der Waals surface area contributed by atoms with Crippen molar-refractivity contribution in [3.05, 3.63) is 17.7 Å². The number of nitrogens with one attached hydrogen (secondary N) is 1. The van der Waals surface area contributed by atoms with Gasteiger partial charge in [0.05, 0.1) is 16.7 Å². The van der Waals surface area contributed by atoms with E-state index in [9.17, 15) is 13.2 Å². The van der Waals surface area contributed by atoms with Crippen LogP contribution in [-0.2, 0) is 10.9 Å². The number of anilines is 1. The van der Waals surface area contributed by atoms with Crippen molar-refractivity contribution in [3.63, 3.8) is 0 Å². The zero-order chi connectivity index (χ0) is 13.9. The monoisotopic (exact) mass is 292 g/mol. The summed E-state index contributed by atoms with van der Waals surface area (Å²) < 4.78 is 43.7. The van der Waals surface area contributed by atoms with Gasteiger partial charge in [-0.2, -0.15) is 13.2 Å². The number of aromatic nitrogens is 1. The molecular formula is C12H15F3N2OS. The average molecular weight is 292 g/mol. The lowest BCUT2D eigenvalue weighted by molar-refractivity contribution is -0.137. The number of nitrogens with zero attached hydrogens (tertiary/aromatic N) is 1. The van der Waals surface area contributed by atoms with E-state index in [-0.39, 0.29) is 11.9 Å². The highest BCUT2D eigenvalue weighted by Crippen LogP contribution is 2.33. The molecule has 0 aliphatic carbocycles. The van der Waals surface area contributed by atoms with Crippen molar-refractivity contribution in [3.8, 4) is 0 Å². The van der Waals surface area contributed by atoms with E-state index < -0.39 is 11.7 Å². The first-order chi connectivity index (χ1) is 8.99. The molecule has 106 valence electrons. The van der Waals surface area contributed by atoms with E-state index in [2.05, 4.69) is 10.3 Å². The fourth-order valence-corrected chi connectivity index (χ4v) is 2.82. The molecule has 1 aromatic heterocycles. The standard InChI is InChI=1S/C12H15F3N2OS/c1-16-10-5-8(12(13,14)15)6-11(17-10)19-7-9-3-2-4-18-9/h5-6,9H,2-4,7H2,1H3,(H,16,17). The Bertz CT molecular complexity index is 433. The molecule has 1 N–H and O–H groups in total. The molecule has 2 rings (SSSR count). The van der Waals surface area contributed by atoms with Gasteiger partial charge in [-0.3, -0.25) is 0 Å². The summed E-state index contributed by atoms with van der Waals surface area (Å²) >= 11 is 1.30. The first-order valence-electron chi connectivity index (χ1n) is 6.00. The zero-order valence-electron chi connectivity index (χ0n) is 10.5. The predicted octanol–water partition coefficient (Wildman–Crippen LogP) is 3.41. The van der Waals surface area contributed by atoms with Crippen molar-refractivity contribution in [2.45, 2.75) is 30.1 Å². The van der Waals surface area contributed by atoms with E-state index in [0.29, 0.717) is 10.8 Å². The number of thioether (sulfide) groups is 1. The van der Waals surface area contributed by atoms with Crippen molar-refractivity contribution in [2.75, 3.05) is 24.7 Å². The molecule has 1 fully saturated rings. The number of ether oxygens (including phenoxy) is 1. The van der Waals surface area contributed by atoms with E-state index in [1.54, 1.807) is 7.05 Å². The number of hydrogen-bond donors (Lipinski definition) is 1. The van der Waals surface area contributed by atoms with Gasteiger partial charge in [0.1, 0.15) is 5.82 Å². The molecule has 0 saturated carbocycles. The minimum absolute atomic E-state index is 0.124. The third-order valence-corrected chi connectivity index (χ3v) is 3.87. The Kier molecular flexibility index (Phi) is 4.57. The Balaban J connectivity index is 2.10. The zero-order valence-corrected chi connectivity index (χ0v) is 11.3. The van der Waals surface area contributed by atoms with Crippen molar-refractivity contribution >= 4 is 17.6 Å². The topological polar surface area (TPSA) is 34.1 Å². The van der Waals surface area contributed by atoms with Crippen LogP contribution in [0.1, 0.15) is 18.4 Å². The molecule has 1 atom stereocenters. The van der Waals surface area contributed by atoms with Gasteiger partial charge in [-0.15, -0.1) is 11.8 Å². The minimum Gasteiger partial charge on any atom is -0.377 e. The Morgan fingerprint density at radius 3 is 2.84 bits per heavy atom. The van der Waals surface area contributed by atoms with Crippen LogP contribution in [0.4, 0.5) is 19.0 Å². The summed E-state index contributed by atoms with van der Waals surface area (Å²) in [5.41, 5.74) is -0.679. The number of pyridine rings is 1. The van der Waals surface area contributed by atoms with Crippen LogP contribution in [0.3, 0.4) is 0 Å². The van der Waals surface area contributed by atoms with Crippen molar-refractivity contribution < 1.29 is 17.9 Å². The maximum atomic E-state index is 12.7. The van der Waals surface area contributed by atoms with Gasteiger partial charge in [0.25, 0.3) is 0 Å². The lowest BCUT2D eigenvalue weighted by atomic mass is 10.2. The lowest BCUT2D eigenvalue weighted by Gasteiger charge is -2.12. The molecule has 3 nitrogen and oxygen atoms in total. The molecule has 0 amide bonds. The van der Waals surface area contributed by atoms with E-state index in [4.69, 9.17) is 4.74 Å². The maximum Gasteiger partial charge on any atom is 0.416 e. The first-order valence-corrected chi connectivity index (χ1v) is 6.99. The quantitative estimate of drug-likeness (QED) is 0.862. The molecular weight excluding hydrogens is 277 g/mol. The van der Waals surface area contributed by atoms with Crippen molar-refractivity contribution in [1.82, 2.24) is 4.98 Å². The summed E-state index contributed by atoms with van der Waals surface area (Å²) in [6.07, 6.45) is -2.25. The van der Waals surface area contributed by atoms with Crippen LogP contribution >= 0.6 is 11.8 Å². The first kappa shape index (κ1) is 14.5. The van der Waals surface area contributed by atoms with E-state index in [1.807, 2.05) is 0 Å². The average Bonchev–Trinajstić information content (AvgIpc) is 2.88. The molecule has 0 spiro atoms. The SMILES string of the molecule is CNc1cc(C(F)(F)F)cc(SCC2CCCO2)n1. The van der Waals surface area contributed by atoms with Crippen molar-refractivity contribution in [2.24, 2.45) is 0 Å². The number of hydrogen-bond acceptors (Lipinski definition) is 4. The fraction of sp³-hybridized carbons (Fsp3) is 0.583. The minimum atomic E-state index is -4.35. The third-order valence-electron chi connectivity index (χ3n) is 2.83. The molecule has 7 heteroatoms. The predicted molar refractivity (Wildman–Crippen MR) is 68.5 cm³/mol. The van der Waals surface area contributed by atoms with Gasteiger partial charge in [-0.05, 0) is 25.0 Å². The Morgan fingerprint density at radius 2 is 2.26 bits per heavy atom. The van der Waals surface area contributed by atoms with E-state index in [0.717, 1.165) is 31.6 Å². The summed E-state index contributed by atoms with van der Waals surface area (Å²) in [5.74, 6) is 0.863. The lowest BCUT2D eigenvalue weighted by Crippen LogP contribution is -2.10. The second-order valence-electron chi connectivity index (χ2n) is 4.27. The summed E-state index contributed by atoms with van der Waals surface area (Å²) in [7, 11) is 1.55. The molecule has 1 unspecified atom stereocenters. The number of rotatable bonds is 4. The van der Waals surface area contributed by atoms with Crippen molar-refractivity contribution in [1.29, 1.82) is 0 Å². The molecule has 0 bridgehead atoms. The molecule has 0 aromatic carbocycles. The second kappa shape index (κ2) is 6.00. The summed E-state index contributed by atoms with van der Waals surface area (Å²) in [6.45, 7) is 0.739. The smallest absolute Gasteiger partial charge is 0.377 e. The van der Waals surface area contributed by atoms with Gasteiger partial charge >= 0.3 is 6.18 Å². The van der Waals surface area contributed by atoms with Crippen LogP contribution < -0.4 is 5.32 Å². The molecule has 0 radical (unpaired) electrons. The molecule has 1 aliphatic heterocycles. The van der Waals surface area contributed by atoms with Gasteiger partial charge in [0.15, 0.2) is 0 Å². The van der Waals surface area contributed by atoms with Crippen LogP contribution in [0, 0.1) is 0 Å². The van der Waals surface area contributed by atoms with Gasteiger partial charge < -0.3 is 10.1 Å². The molecule has 19 heavy (non-hydrogen) atoms. The number of alkyl halides is 3. The highest BCUT2D eigenvalue weighted by Gasteiger charge is 2.31. The Hall–Kier alpha value is -0.950. The normalized spacial score (nSPS) is 19.7. The largest absolute Gasteiger partial charge is 0.416 e. The van der Waals surface area contributed by atoms with Gasteiger partial charge in [-0.1, -0.05) is 0 Å². The molecule has 1 saturated heterocycles. The highest BCUT2D eigenvalue weighted by molar-refractivity contribution is 7.99. The fourth-order valence-electron chi connectivity index (χ4n) is 1.83. The summed E-state index contributed by atoms with van der Waals surface area (Å²) in [6, 6.07) is 2.09. The number of halogens is 3. The van der Waals surface area contributed by atoms with Crippen LogP contribution in [0.25, 0.3) is 0 Å². The molecule has 2 heterocycles. The van der Waals surface area contributed by atoms with Gasteiger partial charge in [0, 0.05) is 19.4 Å². The Labute approximate surface area is 113 Å². The van der Waals surface area contributed by atoms with Crippen LogP contribution in [-0.4, -0.2) is 30.5 Å². The summed E-state index contributed by atoms with van der Waals surface area (Å²) in [4.78, 5) is 4.12. The van der Waals surface area contributed by atoms with Gasteiger partial charge in [0.2, 0.25) is 0 Å². The third kappa shape index (κ3) is 4.01. The summed E-state index contributed by atoms with van der Waals surface area (Å²) in [5, 5.41) is 3.02. The molecule has 1 aromatic rings. The Morgan fingerprint density at radius 1 is 1.47 bits per heavy atom. The van der Waals surface area contributed by atoms with E-state index in [1.165, 1.54) is 11.8 Å². The van der Waals surface area contributed by atoms with Crippen LogP contribution in [0.2, 0.25) is 0 Å². The van der Waals surface area contributed by atoms with E-state index >= 15 is 0 Å². The van der Waals surface area contributed by atoms with Gasteiger partial charge in [-0.25, -0.2) is 4.98 Å². The maximum absolute atomic E-state index is 12.7. The second-order valence-corrected chi connectivity index (χ2v) is 5.31. The van der Waals surface area contributed by atoms with Crippen LogP contribution in [0.15, 0.2) is 17.2 Å². The molecule has 1 aliphatic rings.